The molecule has 0 atom stereocenters. The minimum atomic E-state index is -4.32. The zero-order valence-electron chi connectivity index (χ0n) is 20.0. The van der Waals surface area contributed by atoms with Gasteiger partial charge in [-0.25, -0.2) is 13.1 Å². The van der Waals surface area contributed by atoms with E-state index >= 15 is 0 Å². The minimum absolute atomic E-state index is 0.0727. The first-order valence-corrected chi connectivity index (χ1v) is 14.0. The Labute approximate surface area is 203 Å². The second-order valence-corrected chi connectivity index (χ2v) is 13.2. The van der Waals surface area contributed by atoms with Gasteiger partial charge in [-0.15, -0.1) is 4.40 Å². The van der Waals surface area contributed by atoms with Gasteiger partial charge in [0.1, 0.15) is 16.0 Å². The molecular weight excluding hydrogens is 494 g/mol. The summed E-state index contributed by atoms with van der Waals surface area (Å²) in [4.78, 5) is 13.2. The molecule has 35 heavy (non-hydrogen) atoms. The third-order valence-corrected chi connectivity index (χ3v) is 8.32. The summed E-state index contributed by atoms with van der Waals surface area (Å²) in [7, 11) is -6.64. The van der Waals surface area contributed by atoms with Gasteiger partial charge in [0.2, 0.25) is 10.0 Å². The molecule has 2 aromatic heterocycles. The summed E-state index contributed by atoms with van der Waals surface area (Å²) in [5, 5.41) is 13.8. The molecule has 4 rings (SSSR count). The lowest BCUT2D eigenvalue weighted by Gasteiger charge is -2.23. The normalized spacial score (nSPS) is 15.4. The summed E-state index contributed by atoms with van der Waals surface area (Å²) in [6.45, 7) is 6.45. The van der Waals surface area contributed by atoms with Crippen molar-refractivity contribution in [3.8, 4) is 5.75 Å². The number of hydrogen-bond donors (Lipinski definition) is 2. The van der Waals surface area contributed by atoms with Crippen LogP contribution in [0.3, 0.4) is 0 Å². The van der Waals surface area contributed by atoms with Crippen LogP contribution in [0.25, 0.3) is 5.52 Å². The zero-order valence-corrected chi connectivity index (χ0v) is 21.6. The first-order valence-electron chi connectivity index (χ1n) is 10.7. The van der Waals surface area contributed by atoms with E-state index in [2.05, 4.69) is 9.71 Å². The maximum Gasteiger partial charge on any atom is 0.286 e. The number of fused-ring (bicyclic) bond motifs is 2. The smallest absolute Gasteiger partial charge is 0.286 e. The molecule has 0 radical (unpaired) electrons. The fraction of sp³-hybridized carbons (Fsp3) is 0.364. The Morgan fingerprint density at radius 3 is 2.51 bits per heavy atom. The van der Waals surface area contributed by atoms with Crippen molar-refractivity contribution in [2.24, 2.45) is 9.81 Å². The lowest BCUT2D eigenvalue weighted by molar-refractivity contribution is 0.330. The highest BCUT2D eigenvalue weighted by atomic mass is 32.2. The van der Waals surface area contributed by atoms with Gasteiger partial charge < -0.3 is 10.4 Å². The number of nitrogens with one attached hydrogen (secondary N) is 1. The SMILES string of the molecule is CN(c1ccc2c(c1)S(=O)(=O)N=C(c1c(O)c3cccn3n(CCC(C)(C)C)c1=O)N2)S(C)(=O)=O. The van der Waals surface area contributed by atoms with E-state index in [1.807, 2.05) is 20.8 Å². The van der Waals surface area contributed by atoms with E-state index in [4.69, 9.17) is 0 Å². The number of benzene rings is 1. The topological polar surface area (TPSA) is 143 Å². The van der Waals surface area contributed by atoms with Crippen molar-refractivity contribution in [2.45, 2.75) is 38.6 Å². The van der Waals surface area contributed by atoms with Crippen LogP contribution >= 0.6 is 0 Å². The number of anilines is 2. The average molecular weight is 522 g/mol. The van der Waals surface area contributed by atoms with Crippen LogP contribution < -0.4 is 15.2 Å². The van der Waals surface area contributed by atoms with E-state index in [-0.39, 0.29) is 33.1 Å². The quantitative estimate of drug-likeness (QED) is 0.524. The van der Waals surface area contributed by atoms with Gasteiger partial charge in [-0.1, -0.05) is 20.8 Å². The third-order valence-electron chi connectivity index (χ3n) is 5.80. The van der Waals surface area contributed by atoms with Gasteiger partial charge in [0.25, 0.3) is 15.6 Å². The Morgan fingerprint density at radius 2 is 1.89 bits per heavy atom. The van der Waals surface area contributed by atoms with Crippen LogP contribution in [-0.2, 0) is 26.6 Å². The Bertz CT molecular complexity index is 1640. The van der Waals surface area contributed by atoms with Crippen LogP contribution in [0.2, 0.25) is 0 Å². The lowest BCUT2D eigenvalue weighted by atomic mass is 9.92. The molecule has 0 unspecified atom stereocenters. The van der Waals surface area contributed by atoms with Crippen molar-refractivity contribution in [3.05, 3.63) is 52.4 Å². The first-order chi connectivity index (χ1) is 16.1. The third kappa shape index (κ3) is 4.52. The Morgan fingerprint density at radius 1 is 1.20 bits per heavy atom. The second-order valence-electron chi connectivity index (χ2n) is 9.65. The van der Waals surface area contributed by atoms with Gasteiger partial charge in [-0.3, -0.25) is 13.6 Å². The highest BCUT2D eigenvalue weighted by Crippen LogP contribution is 2.34. The summed E-state index contributed by atoms with van der Waals surface area (Å²) in [5.74, 6) is -0.706. The first kappa shape index (κ1) is 24.8. The molecule has 0 aliphatic carbocycles. The lowest BCUT2D eigenvalue weighted by Crippen LogP contribution is -2.35. The number of sulfonamides is 2. The monoisotopic (exact) mass is 521 g/mol. The molecule has 0 amide bonds. The summed E-state index contributed by atoms with van der Waals surface area (Å²) in [5.41, 5.74) is -0.374. The molecular formula is C22H27N5O6S2. The van der Waals surface area contributed by atoms with Gasteiger partial charge in [0.05, 0.1) is 17.6 Å². The number of rotatable bonds is 5. The molecule has 188 valence electrons. The van der Waals surface area contributed by atoms with Crippen molar-refractivity contribution < 1.29 is 21.9 Å². The highest BCUT2D eigenvalue weighted by molar-refractivity contribution is 7.92. The highest BCUT2D eigenvalue weighted by Gasteiger charge is 2.31. The summed E-state index contributed by atoms with van der Waals surface area (Å²) >= 11 is 0. The van der Waals surface area contributed by atoms with E-state index in [0.29, 0.717) is 18.5 Å². The van der Waals surface area contributed by atoms with Crippen LogP contribution in [0.15, 0.2) is 50.6 Å². The molecule has 0 bridgehead atoms. The predicted octanol–water partition coefficient (Wildman–Crippen LogP) is 2.20. The van der Waals surface area contributed by atoms with Gasteiger partial charge >= 0.3 is 0 Å². The summed E-state index contributed by atoms with van der Waals surface area (Å²) < 4.78 is 57.6. The van der Waals surface area contributed by atoms with Gasteiger partial charge in [-0.05, 0) is 42.2 Å². The molecule has 11 nitrogen and oxygen atoms in total. The average Bonchev–Trinajstić information content (AvgIpc) is 3.21. The maximum atomic E-state index is 13.5. The van der Waals surface area contributed by atoms with E-state index in [0.717, 1.165) is 10.6 Å². The molecule has 1 aliphatic rings. The second kappa shape index (κ2) is 8.12. The predicted molar refractivity (Wildman–Crippen MR) is 134 cm³/mol. The van der Waals surface area contributed by atoms with Gasteiger partial charge in [-0.2, -0.15) is 8.42 Å². The summed E-state index contributed by atoms with van der Waals surface area (Å²) in [6, 6.07) is 7.31. The molecule has 1 aliphatic heterocycles. The van der Waals surface area contributed by atoms with E-state index in [9.17, 15) is 26.7 Å². The van der Waals surface area contributed by atoms with Gasteiger partial charge in [0.15, 0.2) is 11.6 Å². The number of aromatic nitrogens is 2. The number of hydrogen-bond acceptors (Lipinski definition) is 7. The van der Waals surface area contributed by atoms with Crippen molar-refractivity contribution in [2.75, 3.05) is 22.9 Å². The Balaban J connectivity index is 1.87. The molecule has 0 saturated heterocycles. The molecule has 2 N–H and O–H groups in total. The van der Waals surface area contributed by atoms with Gasteiger partial charge in [0, 0.05) is 19.8 Å². The number of nitrogens with zero attached hydrogens (tertiary/aromatic N) is 4. The molecule has 3 aromatic rings. The molecule has 3 heterocycles. The number of aryl methyl sites for hydroxylation is 1. The molecule has 0 spiro atoms. The molecule has 0 fully saturated rings. The zero-order chi connectivity index (χ0) is 25.9. The number of amidine groups is 1. The summed E-state index contributed by atoms with van der Waals surface area (Å²) in [6.07, 6.45) is 3.30. The van der Waals surface area contributed by atoms with E-state index < -0.39 is 31.4 Å². The molecule has 13 heteroatoms. The molecule has 0 saturated carbocycles. The number of aromatic hydroxyl groups is 1. The minimum Gasteiger partial charge on any atom is -0.505 e. The standard InChI is InChI=1S/C22H27N5O6S2/c1-22(2,3)10-12-27-21(29)18(19(28)16-7-6-11-26(16)27)20-23-15-9-8-14(25(4)34(5,30)31)13-17(15)35(32,33)24-20/h6-9,11,13,28H,10,12H2,1-5H3,(H,23,24). The maximum absolute atomic E-state index is 13.5. The largest absolute Gasteiger partial charge is 0.505 e. The Kier molecular flexibility index (Phi) is 5.75. The fourth-order valence-electron chi connectivity index (χ4n) is 3.73. The van der Waals surface area contributed by atoms with Crippen LogP contribution in [0.5, 0.6) is 5.75 Å². The molecule has 1 aromatic carbocycles. The van der Waals surface area contributed by atoms with Crippen molar-refractivity contribution in [1.82, 2.24) is 9.20 Å². The fourth-order valence-corrected chi connectivity index (χ4v) is 5.37. The van der Waals surface area contributed by atoms with Crippen LogP contribution in [0.1, 0.15) is 32.8 Å². The van der Waals surface area contributed by atoms with E-state index in [1.165, 1.54) is 34.4 Å². The van der Waals surface area contributed by atoms with Crippen molar-refractivity contribution >= 4 is 42.8 Å². The van der Waals surface area contributed by atoms with Crippen LogP contribution in [0, 0.1) is 5.41 Å². The van der Waals surface area contributed by atoms with Crippen LogP contribution in [0.4, 0.5) is 11.4 Å². The van der Waals surface area contributed by atoms with E-state index in [1.54, 1.807) is 18.3 Å². The Hall–Kier alpha value is -3.32. The van der Waals surface area contributed by atoms with Crippen LogP contribution in [-0.4, -0.2) is 50.3 Å². The van der Waals surface area contributed by atoms with Crippen molar-refractivity contribution in [1.29, 1.82) is 0 Å². The van der Waals surface area contributed by atoms with Crippen molar-refractivity contribution in [3.63, 3.8) is 0 Å².